The molecule has 6 heteroatoms. The van der Waals surface area contributed by atoms with Crippen LogP contribution in [0.25, 0.3) is 0 Å². The second-order valence-electron chi connectivity index (χ2n) is 5.33. The van der Waals surface area contributed by atoms with Gasteiger partial charge in [-0.1, -0.05) is 0 Å². The third-order valence-electron chi connectivity index (χ3n) is 3.69. The lowest BCUT2D eigenvalue weighted by atomic mass is 10.1. The molecule has 0 amide bonds. The fraction of sp³-hybridized carbons (Fsp3) is 0.692. The molecule has 2 heterocycles. The van der Waals surface area contributed by atoms with Crippen LogP contribution in [0, 0.1) is 5.92 Å². The van der Waals surface area contributed by atoms with Crippen molar-refractivity contribution in [1.29, 1.82) is 0 Å². The lowest BCUT2D eigenvalue weighted by Gasteiger charge is -2.24. The summed E-state index contributed by atoms with van der Waals surface area (Å²) in [4.78, 5) is 12.2. The van der Waals surface area contributed by atoms with E-state index in [1.165, 1.54) is 12.8 Å². The summed E-state index contributed by atoms with van der Waals surface area (Å²) in [7, 11) is 0. The summed E-state index contributed by atoms with van der Waals surface area (Å²) in [6.07, 6.45) is 6.13. The summed E-state index contributed by atoms with van der Waals surface area (Å²) in [5.41, 5.74) is 0.757. The molecule has 0 atom stereocenters. The van der Waals surface area contributed by atoms with E-state index in [0.717, 1.165) is 38.3 Å². The topological polar surface area (TPSA) is 56.1 Å². The van der Waals surface area contributed by atoms with Gasteiger partial charge in [0.05, 0.1) is 11.9 Å². The van der Waals surface area contributed by atoms with Crippen LogP contribution >= 0.6 is 15.9 Å². The van der Waals surface area contributed by atoms with Gasteiger partial charge in [0.1, 0.15) is 4.47 Å². The number of halogens is 1. The zero-order valence-corrected chi connectivity index (χ0v) is 12.4. The summed E-state index contributed by atoms with van der Waals surface area (Å²) in [6, 6.07) is 0.366. The standard InChI is InChI=1S/C13H18BrN3O2/c14-12-11(16-10-3-5-19-6-4-10)7-15-17(13(12)18)8-9-1-2-9/h7,9-10,16H,1-6,8H2. The highest BCUT2D eigenvalue weighted by atomic mass is 79.9. The molecule has 104 valence electrons. The summed E-state index contributed by atoms with van der Waals surface area (Å²) in [5.74, 6) is 0.645. The van der Waals surface area contributed by atoms with E-state index in [9.17, 15) is 4.79 Å². The number of rotatable bonds is 4. The lowest BCUT2D eigenvalue weighted by Crippen LogP contribution is -2.30. The van der Waals surface area contributed by atoms with Crippen LogP contribution in [0.3, 0.4) is 0 Å². The Bertz CT molecular complexity index is 507. The van der Waals surface area contributed by atoms with E-state index in [0.29, 0.717) is 16.4 Å². The smallest absolute Gasteiger partial charge is 0.283 e. The average Bonchev–Trinajstić information content (AvgIpc) is 3.24. The van der Waals surface area contributed by atoms with E-state index in [4.69, 9.17) is 4.74 Å². The van der Waals surface area contributed by atoms with Gasteiger partial charge in [0.25, 0.3) is 5.56 Å². The Hall–Kier alpha value is -0.880. The predicted molar refractivity (Wildman–Crippen MR) is 76.4 cm³/mol. The molecule has 1 saturated carbocycles. The van der Waals surface area contributed by atoms with Gasteiger partial charge in [0.15, 0.2) is 0 Å². The summed E-state index contributed by atoms with van der Waals surface area (Å²) in [6.45, 7) is 2.30. The second kappa shape index (κ2) is 5.63. The molecule has 5 nitrogen and oxygen atoms in total. The molecule has 1 saturated heterocycles. The van der Waals surface area contributed by atoms with E-state index < -0.39 is 0 Å². The maximum atomic E-state index is 12.2. The third-order valence-corrected chi connectivity index (χ3v) is 4.46. The maximum absolute atomic E-state index is 12.2. The van der Waals surface area contributed by atoms with Crippen molar-refractivity contribution in [2.24, 2.45) is 5.92 Å². The number of hydrogen-bond donors (Lipinski definition) is 1. The van der Waals surface area contributed by atoms with Gasteiger partial charge < -0.3 is 10.1 Å². The van der Waals surface area contributed by atoms with Gasteiger partial charge in [-0.3, -0.25) is 4.79 Å². The van der Waals surface area contributed by atoms with Crippen molar-refractivity contribution in [3.8, 4) is 0 Å². The van der Waals surface area contributed by atoms with Crippen LogP contribution < -0.4 is 10.9 Å². The molecule has 1 aliphatic heterocycles. The average molecular weight is 328 g/mol. The summed E-state index contributed by atoms with van der Waals surface area (Å²) < 4.78 is 7.49. The van der Waals surface area contributed by atoms with E-state index in [2.05, 4.69) is 26.3 Å². The molecule has 1 aromatic rings. The normalized spacial score (nSPS) is 20.5. The van der Waals surface area contributed by atoms with Crippen LogP contribution in [0.1, 0.15) is 25.7 Å². The van der Waals surface area contributed by atoms with Crippen molar-refractivity contribution < 1.29 is 4.74 Å². The van der Waals surface area contributed by atoms with E-state index in [1.54, 1.807) is 10.9 Å². The molecule has 1 N–H and O–H groups in total. The maximum Gasteiger partial charge on any atom is 0.283 e. The van der Waals surface area contributed by atoms with Gasteiger partial charge >= 0.3 is 0 Å². The zero-order valence-electron chi connectivity index (χ0n) is 10.8. The third kappa shape index (κ3) is 3.17. The zero-order chi connectivity index (χ0) is 13.2. The molecule has 19 heavy (non-hydrogen) atoms. The SMILES string of the molecule is O=c1c(Br)c(NC2CCOCC2)cnn1CC1CC1. The first-order valence-electron chi connectivity index (χ1n) is 6.84. The Morgan fingerprint density at radius 3 is 2.79 bits per heavy atom. The Kier molecular flexibility index (Phi) is 3.88. The Morgan fingerprint density at radius 1 is 1.37 bits per heavy atom. The van der Waals surface area contributed by atoms with Gasteiger partial charge in [-0.05, 0) is 47.5 Å². The number of aromatic nitrogens is 2. The molecule has 0 aromatic carbocycles. The molecular formula is C13H18BrN3O2. The van der Waals surface area contributed by atoms with Crippen LogP contribution in [0.4, 0.5) is 5.69 Å². The van der Waals surface area contributed by atoms with Gasteiger partial charge in [-0.15, -0.1) is 0 Å². The van der Waals surface area contributed by atoms with E-state index in [1.807, 2.05) is 0 Å². The number of ether oxygens (including phenoxy) is 1. The van der Waals surface area contributed by atoms with Crippen molar-refractivity contribution in [1.82, 2.24) is 9.78 Å². The first kappa shape index (κ1) is 13.1. The molecule has 0 bridgehead atoms. The molecule has 1 aliphatic carbocycles. The van der Waals surface area contributed by atoms with Crippen LogP contribution in [0.5, 0.6) is 0 Å². The van der Waals surface area contributed by atoms with E-state index in [-0.39, 0.29) is 5.56 Å². The molecule has 3 rings (SSSR count). The van der Waals surface area contributed by atoms with Crippen molar-refractivity contribution in [3.63, 3.8) is 0 Å². The highest BCUT2D eigenvalue weighted by Crippen LogP contribution is 2.30. The highest BCUT2D eigenvalue weighted by molar-refractivity contribution is 9.10. The molecule has 0 radical (unpaired) electrons. The van der Waals surface area contributed by atoms with Crippen LogP contribution in [-0.4, -0.2) is 29.0 Å². The molecule has 1 aromatic heterocycles. The fourth-order valence-electron chi connectivity index (χ4n) is 2.30. The second-order valence-corrected chi connectivity index (χ2v) is 6.13. The molecular weight excluding hydrogens is 310 g/mol. The van der Waals surface area contributed by atoms with Crippen molar-refractivity contribution in [2.75, 3.05) is 18.5 Å². The van der Waals surface area contributed by atoms with Gasteiger partial charge in [0.2, 0.25) is 0 Å². The first-order valence-corrected chi connectivity index (χ1v) is 7.63. The minimum Gasteiger partial charge on any atom is -0.381 e. The summed E-state index contributed by atoms with van der Waals surface area (Å²) in [5, 5.41) is 7.65. The van der Waals surface area contributed by atoms with Crippen molar-refractivity contribution in [2.45, 2.75) is 38.3 Å². The van der Waals surface area contributed by atoms with Crippen molar-refractivity contribution >= 4 is 21.6 Å². The quantitative estimate of drug-likeness (QED) is 0.919. The van der Waals surface area contributed by atoms with Gasteiger partial charge in [-0.2, -0.15) is 5.10 Å². The first-order chi connectivity index (χ1) is 9.24. The van der Waals surface area contributed by atoms with Gasteiger partial charge in [-0.25, -0.2) is 4.68 Å². The lowest BCUT2D eigenvalue weighted by molar-refractivity contribution is 0.0904. The largest absolute Gasteiger partial charge is 0.381 e. The highest BCUT2D eigenvalue weighted by Gasteiger charge is 2.23. The van der Waals surface area contributed by atoms with Gasteiger partial charge in [0, 0.05) is 25.8 Å². The number of nitrogens with one attached hydrogen (secondary N) is 1. The minimum atomic E-state index is -0.0380. The van der Waals surface area contributed by atoms with E-state index >= 15 is 0 Å². The molecule has 0 spiro atoms. The number of nitrogens with zero attached hydrogens (tertiary/aromatic N) is 2. The monoisotopic (exact) mass is 327 g/mol. The minimum absolute atomic E-state index is 0.0380. The predicted octanol–water partition coefficient (Wildman–Crippen LogP) is 2.01. The number of hydrogen-bond acceptors (Lipinski definition) is 4. The molecule has 0 unspecified atom stereocenters. The Balaban J connectivity index is 1.74. The molecule has 2 aliphatic rings. The fourth-order valence-corrected chi connectivity index (χ4v) is 2.72. The molecule has 2 fully saturated rings. The Morgan fingerprint density at radius 2 is 2.11 bits per heavy atom. The summed E-state index contributed by atoms with van der Waals surface area (Å²) >= 11 is 3.40. The number of anilines is 1. The van der Waals surface area contributed by atoms with Crippen LogP contribution in [0.15, 0.2) is 15.5 Å². The van der Waals surface area contributed by atoms with Crippen molar-refractivity contribution in [3.05, 3.63) is 21.0 Å². The van der Waals surface area contributed by atoms with Crippen LogP contribution in [0.2, 0.25) is 0 Å². The Labute approximate surface area is 120 Å². The van der Waals surface area contributed by atoms with Crippen LogP contribution in [-0.2, 0) is 11.3 Å².